The predicted octanol–water partition coefficient (Wildman–Crippen LogP) is 4.80. The fraction of sp³-hybridized carbons (Fsp3) is 0.455. The Balaban J connectivity index is 1.58. The van der Waals surface area contributed by atoms with Gasteiger partial charge in [-0.05, 0) is 30.7 Å². The molecule has 0 saturated carbocycles. The minimum atomic E-state index is 0.489. The molecule has 2 aromatic heterocycles. The van der Waals surface area contributed by atoms with E-state index in [1.807, 2.05) is 0 Å². The molecule has 29 heavy (non-hydrogen) atoms. The van der Waals surface area contributed by atoms with Gasteiger partial charge in [0.05, 0.1) is 5.39 Å². The zero-order chi connectivity index (χ0) is 20.4. The first-order valence-corrected chi connectivity index (χ1v) is 11.8. The van der Waals surface area contributed by atoms with Crippen LogP contribution in [0.3, 0.4) is 0 Å². The molecule has 1 atom stereocenters. The van der Waals surface area contributed by atoms with E-state index >= 15 is 0 Å². The molecule has 1 aromatic carbocycles. The van der Waals surface area contributed by atoms with Crippen LogP contribution in [0.15, 0.2) is 40.4 Å². The average molecular weight is 474 g/mol. The number of nitrogens with one attached hydrogen (secondary N) is 1. The van der Waals surface area contributed by atoms with E-state index in [0.29, 0.717) is 12.0 Å². The summed E-state index contributed by atoms with van der Waals surface area (Å²) in [5.41, 5.74) is 2.39. The standard InChI is InChI=1S/C22H28BrN5S/c1-15(2)19(28-10-8-27(3)9-11-28)12-24-21-20-18(13-29-22(20)26-14-25-21)16-4-6-17(23)7-5-16/h4-7,13-15,19H,8-12H2,1-3H3,(H,24,25,26). The zero-order valence-electron chi connectivity index (χ0n) is 17.2. The molecule has 1 saturated heterocycles. The Labute approximate surface area is 185 Å². The van der Waals surface area contributed by atoms with Crippen molar-refractivity contribution < 1.29 is 0 Å². The number of halogens is 1. The van der Waals surface area contributed by atoms with Gasteiger partial charge in [0.1, 0.15) is 17.0 Å². The van der Waals surface area contributed by atoms with Crippen molar-refractivity contribution >= 4 is 43.3 Å². The number of thiophene rings is 1. The minimum Gasteiger partial charge on any atom is -0.368 e. The molecule has 1 unspecified atom stereocenters. The van der Waals surface area contributed by atoms with Crippen LogP contribution >= 0.6 is 27.3 Å². The Kier molecular flexibility index (Phi) is 6.49. The summed E-state index contributed by atoms with van der Waals surface area (Å²) in [6.45, 7) is 10.1. The lowest BCUT2D eigenvalue weighted by molar-refractivity contribution is 0.0944. The molecule has 7 heteroatoms. The van der Waals surface area contributed by atoms with E-state index < -0.39 is 0 Å². The summed E-state index contributed by atoms with van der Waals surface area (Å²) in [4.78, 5) is 15.2. The van der Waals surface area contributed by atoms with Crippen LogP contribution in [0, 0.1) is 5.92 Å². The quantitative estimate of drug-likeness (QED) is 0.556. The third-order valence-electron chi connectivity index (χ3n) is 5.78. The van der Waals surface area contributed by atoms with E-state index in [9.17, 15) is 0 Å². The summed E-state index contributed by atoms with van der Waals surface area (Å²) in [6, 6.07) is 8.94. The first-order valence-electron chi connectivity index (χ1n) is 10.2. The van der Waals surface area contributed by atoms with E-state index in [2.05, 4.69) is 91.6 Å². The van der Waals surface area contributed by atoms with Crippen molar-refractivity contribution in [1.82, 2.24) is 19.8 Å². The van der Waals surface area contributed by atoms with Gasteiger partial charge in [-0.25, -0.2) is 9.97 Å². The number of fused-ring (bicyclic) bond motifs is 1. The van der Waals surface area contributed by atoms with Gasteiger partial charge in [-0.15, -0.1) is 11.3 Å². The van der Waals surface area contributed by atoms with Gasteiger partial charge in [0.25, 0.3) is 0 Å². The van der Waals surface area contributed by atoms with Gasteiger partial charge < -0.3 is 10.2 Å². The number of nitrogens with zero attached hydrogens (tertiary/aromatic N) is 4. The van der Waals surface area contributed by atoms with Crippen molar-refractivity contribution in [2.75, 3.05) is 45.1 Å². The van der Waals surface area contributed by atoms with Crippen LogP contribution in [0.25, 0.3) is 21.3 Å². The summed E-state index contributed by atoms with van der Waals surface area (Å²) >= 11 is 5.20. The molecule has 1 aliphatic rings. The number of aromatic nitrogens is 2. The smallest absolute Gasteiger partial charge is 0.138 e. The van der Waals surface area contributed by atoms with Gasteiger partial charge in [-0.2, -0.15) is 0 Å². The molecule has 1 fully saturated rings. The molecule has 3 heterocycles. The highest BCUT2D eigenvalue weighted by Gasteiger charge is 2.25. The number of piperazine rings is 1. The van der Waals surface area contributed by atoms with Gasteiger partial charge in [0.15, 0.2) is 0 Å². The first-order chi connectivity index (χ1) is 14.0. The van der Waals surface area contributed by atoms with Crippen LogP contribution in [0.2, 0.25) is 0 Å². The highest BCUT2D eigenvalue weighted by Crippen LogP contribution is 2.37. The molecular weight excluding hydrogens is 446 g/mol. The van der Waals surface area contributed by atoms with Gasteiger partial charge in [0.2, 0.25) is 0 Å². The fourth-order valence-electron chi connectivity index (χ4n) is 3.99. The number of likely N-dealkylation sites (N-methyl/N-ethyl adjacent to an activating group) is 1. The molecule has 1 aliphatic heterocycles. The molecule has 0 radical (unpaired) electrons. The van der Waals surface area contributed by atoms with Crippen molar-refractivity contribution in [3.63, 3.8) is 0 Å². The molecule has 1 N–H and O–H groups in total. The van der Waals surface area contributed by atoms with E-state index in [0.717, 1.165) is 53.2 Å². The molecular formula is C22H28BrN5S. The molecule has 154 valence electrons. The third kappa shape index (κ3) is 4.63. The SMILES string of the molecule is CC(C)C(CNc1ncnc2scc(-c3ccc(Br)cc3)c12)N1CCN(C)CC1. The van der Waals surface area contributed by atoms with Crippen LogP contribution < -0.4 is 5.32 Å². The predicted molar refractivity (Wildman–Crippen MR) is 127 cm³/mol. The lowest BCUT2D eigenvalue weighted by atomic mass is 10.0. The molecule has 0 aliphatic carbocycles. The van der Waals surface area contributed by atoms with Crippen molar-refractivity contribution in [2.24, 2.45) is 5.92 Å². The van der Waals surface area contributed by atoms with Crippen LogP contribution in [-0.2, 0) is 0 Å². The molecule has 0 spiro atoms. The second-order valence-electron chi connectivity index (χ2n) is 8.09. The van der Waals surface area contributed by atoms with Crippen molar-refractivity contribution in [2.45, 2.75) is 19.9 Å². The Morgan fingerprint density at radius 3 is 2.52 bits per heavy atom. The van der Waals surface area contributed by atoms with Crippen LogP contribution in [-0.4, -0.2) is 65.6 Å². The maximum Gasteiger partial charge on any atom is 0.138 e. The largest absolute Gasteiger partial charge is 0.368 e. The van der Waals surface area contributed by atoms with Crippen molar-refractivity contribution in [3.8, 4) is 11.1 Å². The maximum absolute atomic E-state index is 4.62. The van der Waals surface area contributed by atoms with Crippen molar-refractivity contribution in [1.29, 1.82) is 0 Å². The summed E-state index contributed by atoms with van der Waals surface area (Å²) in [5.74, 6) is 1.52. The number of benzene rings is 1. The topological polar surface area (TPSA) is 44.3 Å². The number of hydrogen-bond acceptors (Lipinski definition) is 6. The number of anilines is 1. The number of hydrogen-bond donors (Lipinski definition) is 1. The molecule has 0 bridgehead atoms. The van der Waals surface area contributed by atoms with Crippen molar-refractivity contribution in [3.05, 3.63) is 40.4 Å². The maximum atomic E-state index is 4.62. The van der Waals surface area contributed by atoms with Crippen LogP contribution in [0.1, 0.15) is 13.8 Å². The molecule has 4 rings (SSSR count). The Morgan fingerprint density at radius 1 is 1.10 bits per heavy atom. The highest BCUT2D eigenvalue weighted by molar-refractivity contribution is 9.10. The van der Waals surface area contributed by atoms with Gasteiger partial charge in [-0.1, -0.05) is 41.9 Å². The molecule has 0 amide bonds. The monoisotopic (exact) mass is 473 g/mol. The van der Waals surface area contributed by atoms with Gasteiger partial charge in [-0.3, -0.25) is 4.90 Å². The summed E-state index contributed by atoms with van der Waals surface area (Å²) < 4.78 is 1.09. The second-order valence-corrected chi connectivity index (χ2v) is 9.86. The molecule has 3 aromatic rings. The Bertz CT molecular complexity index is 947. The minimum absolute atomic E-state index is 0.489. The third-order valence-corrected chi connectivity index (χ3v) is 7.20. The first kappa shape index (κ1) is 20.7. The number of rotatable bonds is 6. The summed E-state index contributed by atoms with van der Waals surface area (Å²) in [6.07, 6.45) is 1.67. The normalized spacial score (nSPS) is 17.1. The van der Waals surface area contributed by atoms with E-state index in [4.69, 9.17) is 0 Å². The summed E-state index contributed by atoms with van der Waals surface area (Å²) in [7, 11) is 2.21. The summed E-state index contributed by atoms with van der Waals surface area (Å²) in [5, 5.41) is 6.99. The average Bonchev–Trinajstić information content (AvgIpc) is 3.15. The van der Waals surface area contributed by atoms with Crippen LogP contribution in [0.4, 0.5) is 5.82 Å². The van der Waals surface area contributed by atoms with Gasteiger partial charge in [0, 0.05) is 54.2 Å². The highest BCUT2D eigenvalue weighted by atomic mass is 79.9. The zero-order valence-corrected chi connectivity index (χ0v) is 19.6. The Morgan fingerprint density at radius 2 is 1.83 bits per heavy atom. The lowest BCUT2D eigenvalue weighted by Gasteiger charge is -2.40. The van der Waals surface area contributed by atoms with E-state index in [1.54, 1.807) is 17.7 Å². The van der Waals surface area contributed by atoms with Gasteiger partial charge >= 0.3 is 0 Å². The fourth-order valence-corrected chi connectivity index (χ4v) is 5.17. The van der Waals surface area contributed by atoms with Crippen LogP contribution in [0.5, 0.6) is 0 Å². The molecule has 5 nitrogen and oxygen atoms in total. The van der Waals surface area contributed by atoms with E-state index in [1.165, 1.54) is 11.1 Å². The second kappa shape index (κ2) is 9.08. The van der Waals surface area contributed by atoms with E-state index in [-0.39, 0.29) is 0 Å². The lowest BCUT2D eigenvalue weighted by Crippen LogP contribution is -2.52. The Hall–Kier alpha value is -1.54.